The highest BCUT2D eigenvalue weighted by molar-refractivity contribution is 14.1. The lowest BCUT2D eigenvalue weighted by atomic mass is 10.1. The molecule has 1 unspecified atom stereocenters. The average Bonchev–Trinajstić information content (AvgIpc) is 2.73. The van der Waals surface area contributed by atoms with Gasteiger partial charge in [-0.25, -0.2) is 4.98 Å². The monoisotopic (exact) mass is 320 g/mol. The summed E-state index contributed by atoms with van der Waals surface area (Å²) in [5.74, 6) is 0.791. The van der Waals surface area contributed by atoms with E-state index in [2.05, 4.69) is 44.1 Å². The minimum Gasteiger partial charge on any atom is -0.318 e. The number of aromatic nitrogens is 3. The van der Waals surface area contributed by atoms with E-state index in [9.17, 15) is 0 Å². The molecule has 0 saturated carbocycles. The van der Waals surface area contributed by atoms with E-state index in [1.807, 2.05) is 7.05 Å². The molecule has 0 radical (unpaired) electrons. The van der Waals surface area contributed by atoms with Crippen LogP contribution in [0.3, 0.4) is 0 Å². The summed E-state index contributed by atoms with van der Waals surface area (Å²) in [6.45, 7) is 0. The van der Waals surface area contributed by atoms with Crippen LogP contribution < -0.4 is 5.73 Å². The molecule has 2 aromatic heterocycles. The standard InChI is InChI=1S/C8H9IN4S/c1-13-8(11-4-12-13)7(10)5-2-6(9)14-3-5/h2-4,7H,10H2,1H3. The fourth-order valence-electron chi connectivity index (χ4n) is 1.22. The smallest absolute Gasteiger partial charge is 0.148 e. The van der Waals surface area contributed by atoms with E-state index < -0.39 is 0 Å². The van der Waals surface area contributed by atoms with Gasteiger partial charge in [-0.3, -0.25) is 4.68 Å². The van der Waals surface area contributed by atoms with Crippen LogP contribution in [0, 0.1) is 2.88 Å². The van der Waals surface area contributed by atoms with Gasteiger partial charge in [0.25, 0.3) is 0 Å². The summed E-state index contributed by atoms with van der Waals surface area (Å²) in [5.41, 5.74) is 7.15. The first-order chi connectivity index (χ1) is 6.68. The first-order valence-corrected chi connectivity index (χ1v) is 5.97. The van der Waals surface area contributed by atoms with Crippen LogP contribution in [0.2, 0.25) is 0 Å². The minimum atomic E-state index is -0.178. The zero-order chi connectivity index (χ0) is 10.1. The lowest BCUT2D eigenvalue weighted by Gasteiger charge is -2.07. The zero-order valence-electron chi connectivity index (χ0n) is 7.51. The van der Waals surface area contributed by atoms with Crippen LogP contribution in [0.25, 0.3) is 0 Å². The largest absolute Gasteiger partial charge is 0.318 e. The molecular weight excluding hydrogens is 311 g/mol. The van der Waals surface area contributed by atoms with E-state index in [0.29, 0.717) is 0 Å². The topological polar surface area (TPSA) is 56.7 Å². The summed E-state index contributed by atoms with van der Waals surface area (Å²) in [7, 11) is 1.85. The first kappa shape index (κ1) is 10.1. The van der Waals surface area contributed by atoms with Crippen molar-refractivity contribution in [1.82, 2.24) is 14.8 Å². The molecule has 0 spiro atoms. The molecule has 0 bridgehead atoms. The van der Waals surface area contributed by atoms with Crippen LogP contribution in [-0.2, 0) is 7.05 Å². The van der Waals surface area contributed by atoms with Crippen LogP contribution in [-0.4, -0.2) is 14.8 Å². The summed E-state index contributed by atoms with van der Waals surface area (Å²) >= 11 is 3.97. The number of aryl methyl sites for hydroxylation is 1. The first-order valence-electron chi connectivity index (χ1n) is 4.02. The lowest BCUT2D eigenvalue weighted by molar-refractivity contribution is 0.660. The Morgan fingerprint density at radius 2 is 2.43 bits per heavy atom. The van der Waals surface area contributed by atoms with Crippen LogP contribution in [0.4, 0.5) is 0 Å². The van der Waals surface area contributed by atoms with Crippen LogP contribution in [0.1, 0.15) is 17.4 Å². The van der Waals surface area contributed by atoms with Crippen molar-refractivity contribution in [2.24, 2.45) is 12.8 Å². The summed E-state index contributed by atoms with van der Waals surface area (Å²) in [5, 5.41) is 6.05. The summed E-state index contributed by atoms with van der Waals surface area (Å²) < 4.78 is 2.94. The third-order valence-electron chi connectivity index (χ3n) is 1.97. The van der Waals surface area contributed by atoms with Crippen molar-refractivity contribution in [3.63, 3.8) is 0 Å². The maximum absolute atomic E-state index is 6.05. The molecule has 14 heavy (non-hydrogen) atoms. The highest BCUT2D eigenvalue weighted by Gasteiger charge is 2.15. The van der Waals surface area contributed by atoms with E-state index in [-0.39, 0.29) is 6.04 Å². The molecule has 0 aliphatic rings. The molecular formula is C8H9IN4S. The van der Waals surface area contributed by atoms with Crippen molar-refractivity contribution in [2.75, 3.05) is 0 Å². The highest BCUT2D eigenvalue weighted by Crippen LogP contribution is 2.23. The predicted molar refractivity (Wildman–Crippen MR) is 64.1 cm³/mol. The Bertz CT molecular complexity index is 436. The molecule has 2 heterocycles. The Kier molecular flexibility index (Phi) is 2.84. The molecule has 2 rings (SSSR count). The van der Waals surface area contributed by atoms with E-state index in [1.54, 1.807) is 16.0 Å². The molecule has 0 fully saturated rings. The second kappa shape index (κ2) is 3.95. The van der Waals surface area contributed by atoms with E-state index in [0.717, 1.165) is 11.4 Å². The molecule has 0 aliphatic carbocycles. The SMILES string of the molecule is Cn1ncnc1C(N)c1csc(I)c1. The predicted octanol–water partition coefficient (Wildman–Crippen LogP) is 1.53. The minimum absolute atomic E-state index is 0.178. The summed E-state index contributed by atoms with van der Waals surface area (Å²) in [6.07, 6.45) is 1.52. The Morgan fingerprint density at radius 1 is 1.64 bits per heavy atom. The third kappa shape index (κ3) is 1.82. The Morgan fingerprint density at radius 3 is 2.93 bits per heavy atom. The van der Waals surface area contributed by atoms with Gasteiger partial charge in [0.15, 0.2) is 0 Å². The maximum atomic E-state index is 6.05. The molecule has 4 nitrogen and oxygen atoms in total. The summed E-state index contributed by atoms with van der Waals surface area (Å²) in [6, 6.07) is 1.90. The van der Waals surface area contributed by atoms with Gasteiger partial charge in [0.05, 0.1) is 8.93 Å². The van der Waals surface area contributed by atoms with Crippen molar-refractivity contribution in [3.8, 4) is 0 Å². The van der Waals surface area contributed by atoms with Gasteiger partial charge in [-0.2, -0.15) is 5.10 Å². The fraction of sp³-hybridized carbons (Fsp3) is 0.250. The molecule has 74 valence electrons. The van der Waals surface area contributed by atoms with E-state index in [4.69, 9.17) is 5.73 Å². The molecule has 0 aromatic carbocycles. The molecule has 0 amide bonds. The van der Waals surface area contributed by atoms with Gasteiger partial charge < -0.3 is 5.73 Å². The fourth-order valence-corrected chi connectivity index (χ4v) is 2.63. The quantitative estimate of drug-likeness (QED) is 0.854. The van der Waals surface area contributed by atoms with Gasteiger partial charge in [0.2, 0.25) is 0 Å². The Hall–Kier alpha value is -0.470. The van der Waals surface area contributed by atoms with Gasteiger partial charge in [0, 0.05) is 7.05 Å². The number of nitrogens with zero attached hydrogens (tertiary/aromatic N) is 3. The Labute approximate surface area is 99.3 Å². The molecule has 0 aliphatic heterocycles. The second-order valence-electron chi connectivity index (χ2n) is 2.90. The maximum Gasteiger partial charge on any atom is 0.148 e. The van der Waals surface area contributed by atoms with Gasteiger partial charge in [-0.15, -0.1) is 11.3 Å². The highest BCUT2D eigenvalue weighted by atomic mass is 127. The van der Waals surface area contributed by atoms with Crippen molar-refractivity contribution in [3.05, 3.63) is 32.0 Å². The van der Waals surface area contributed by atoms with Crippen molar-refractivity contribution < 1.29 is 0 Å². The number of rotatable bonds is 2. The third-order valence-corrected chi connectivity index (χ3v) is 3.78. The van der Waals surface area contributed by atoms with Crippen LogP contribution >= 0.6 is 33.9 Å². The molecule has 2 N–H and O–H groups in total. The lowest BCUT2D eigenvalue weighted by Crippen LogP contribution is -2.16. The number of hydrogen-bond acceptors (Lipinski definition) is 4. The van der Waals surface area contributed by atoms with Crippen molar-refractivity contribution in [1.29, 1.82) is 0 Å². The zero-order valence-corrected chi connectivity index (χ0v) is 10.5. The van der Waals surface area contributed by atoms with Gasteiger partial charge in [-0.05, 0) is 39.6 Å². The molecule has 0 saturated heterocycles. The second-order valence-corrected chi connectivity index (χ2v) is 5.71. The number of hydrogen-bond donors (Lipinski definition) is 1. The number of thiophene rings is 1. The average molecular weight is 320 g/mol. The van der Waals surface area contributed by atoms with Crippen LogP contribution in [0.5, 0.6) is 0 Å². The normalized spacial score (nSPS) is 13.1. The molecule has 1 atom stereocenters. The van der Waals surface area contributed by atoms with E-state index >= 15 is 0 Å². The van der Waals surface area contributed by atoms with Gasteiger partial charge in [0.1, 0.15) is 12.2 Å². The van der Waals surface area contributed by atoms with E-state index in [1.165, 1.54) is 9.21 Å². The number of nitrogens with two attached hydrogens (primary N) is 1. The van der Waals surface area contributed by atoms with Gasteiger partial charge in [-0.1, -0.05) is 0 Å². The van der Waals surface area contributed by atoms with Gasteiger partial charge >= 0.3 is 0 Å². The molecule has 2 aromatic rings. The molecule has 6 heteroatoms. The van der Waals surface area contributed by atoms with Crippen LogP contribution in [0.15, 0.2) is 17.8 Å². The summed E-state index contributed by atoms with van der Waals surface area (Å²) in [4.78, 5) is 4.13. The van der Waals surface area contributed by atoms with Crippen molar-refractivity contribution >= 4 is 33.9 Å². The number of halogens is 1. The van der Waals surface area contributed by atoms with Crippen molar-refractivity contribution in [2.45, 2.75) is 6.04 Å². The Balaban J connectivity index is 2.33.